The second-order valence-corrected chi connectivity index (χ2v) is 7.26. The number of carbonyl (C=O) groups excluding carboxylic acids is 1. The summed E-state index contributed by atoms with van der Waals surface area (Å²) in [6.45, 7) is 7.75. The molecule has 7 heteroatoms. The van der Waals surface area contributed by atoms with E-state index in [2.05, 4.69) is 23.8 Å². The Morgan fingerprint density at radius 3 is 2.64 bits per heavy atom. The molecule has 0 saturated carbocycles. The van der Waals surface area contributed by atoms with Crippen LogP contribution in [-0.4, -0.2) is 57.4 Å². The number of piperidine rings is 1. The molecule has 2 aromatic heterocycles. The number of aromatic nitrogens is 3. The van der Waals surface area contributed by atoms with E-state index in [4.69, 9.17) is 9.47 Å². The fourth-order valence-corrected chi connectivity index (χ4v) is 3.61. The minimum absolute atomic E-state index is 0.000608. The average Bonchev–Trinajstić information content (AvgIpc) is 3.22. The van der Waals surface area contributed by atoms with Crippen molar-refractivity contribution in [2.45, 2.75) is 39.0 Å². The molecule has 4 rings (SSSR count). The summed E-state index contributed by atoms with van der Waals surface area (Å²) in [6, 6.07) is 1.84. The van der Waals surface area contributed by atoms with Crippen molar-refractivity contribution in [3.63, 3.8) is 0 Å². The maximum Gasteiger partial charge on any atom is 0.255 e. The van der Waals surface area contributed by atoms with Crippen molar-refractivity contribution in [1.82, 2.24) is 19.4 Å². The first-order chi connectivity index (χ1) is 12.1. The fraction of sp³-hybridized carbons (Fsp3) is 0.611. The topological polar surface area (TPSA) is 69.5 Å². The van der Waals surface area contributed by atoms with Gasteiger partial charge < -0.3 is 18.9 Å². The van der Waals surface area contributed by atoms with Crippen LogP contribution in [0, 0.1) is 5.92 Å². The van der Waals surface area contributed by atoms with Gasteiger partial charge in [-0.15, -0.1) is 0 Å². The highest BCUT2D eigenvalue weighted by Gasteiger charge is 2.40. The number of carbonyl (C=O) groups is 1. The maximum atomic E-state index is 12.8. The summed E-state index contributed by atoms with van der Waals surface area (Å²) < 4.78 is 13.5. The fourth-order valence-electron chi connectivity index (χ4n) is 3.61. The molecule has 0 aromatic carbocycles. The summed E-state index contributed by atoms with van der Waals surface area (Å²) in [4.78, 5) is 23.5. The van der Waals surface area contributed by atoms with Crippen molar-refractivity contribution in [1.29, 1.82) is 0 Å². The van der Waals surface area contributed by atoms with E-state index in [0.717, 1.165) is 30.6 Å². The van der Waals surface area contributed by atoms with E-state index in [-0.39, 0.29) is 5.91 Å². The van der Waals surface area contributed by atoms with Gasteiger partial charge in [0, 0.05) is 38.7 Å². The zero-order valence-corrected chi connectivity index (χ0v) is 14.8. The molecule has 4 heterocycles. The molecule has 1 amide bonds. The minimum atomic E-state index is -0.464. The highest BCUT2D eigenvalue weighted by atomic mass is 16.7. The van der Waals surface area contributed by atoms with Crippen molar-refractivity contribution in [3.05, 3.63) is 24.2 Å². The summed E-state index contributed by atoms with van der Waals surface area (Å²) in [7, 11) is 0. The lowest BCUT2D eigenvalue weighted by Crippen LogP contribution is -2.47. The highest BCUT2D eigenvalue weighted by molar-refractivity contribution is 5.96. The number of nitrogens with zero attached hydrogens (tertiary/aromatic N) is 4. The Hall–Kier alpha value is -1.99. The largest absolute Gasteiger partial charge is 0.347 e. The molecule has 0 bridgehead atoms. The Balaban J connectivity index is 1.49. The SMILES string of the molecule is CC(C)Cn1cnc2cc(C(=O)N3CCC4(CC3)OCCO4)cnc21. The van der Waals surface area contributed by atoms with E-state index in [1.54, 1.807) is 12.5 Å². The molecule has 2 aromatic rings. The summed E-state index contributed by atoms with van der Waals surface area (Å²) in [5.74, 6) is 0.0519. The van der Waals surface area contributed by atoms with Gasteiger partial charge in [-0.05, 0) is 12.0 Å². The third-order valence-electron chi connectivity index (χ3n) is 4.89. The van der Waals surface area contributed by atoms with E-state index in [9.17, 15) is 4.79 Å². The van der Waals surface area contributed by atoms with Crippen LogP contribution >= 0.6 is 0 Å². The standard InChI is InChI=1S/C18H24N4O3/c1-13(2)11-22-12-20-15-9-14(10-19-16(15)22)17(23)21-5-3-18(4-6-21)24-7-8-25-18/h9-10,12-13H,3-8,11H2,1-2H3. The van der Waals surface area contributed by atoms with Crippen LogP contribution in [0.15, 0.2) is 18.6 Å². The third-order valence-corrected chi connectivity index (χ3v) is 4.89. The number of imidazole rings is 1. The van der Waals surface area contributed by atoms with E-state index in [0.29, 0.717) is 37.8 Å². The monoisotopic (exact) mass is 344 g/mol. The molecule has 2 aliphatic heterocycles. The molecular formula is C18H24N4O3. The molecule has 2 aliphatic rings. The van der Waals surface area contributed by atoms with Gasteiger partial charge in [0.05, 0.1) is 25.1 Å². The van der Waals surface area contributed by atoms with Gasteiger partial charge in [-0.3, -0.25) is 4.79 Å². The quantitative estimate of drug-likeness (QED) is 0.852. The average molecular weight is 344 g/mol. The first kappa shape index (κ1) is 16.5. The number of amides is 1. The van der Waals surface area contributed by atoms with Gasteiger partial charge >= 0.3 is 0 Å². The Kier molecular flexibility index (Phi) is 4.21. The Labute approximate surface area is 146 Å². The highest BCUT2D eigenvalue weighted by Crippen LogP contribution is 2.31. The van der Waals surface area contributed by atoms with E-state index in [1.807, 2.05) is 15.5 Å². The molecule has 2 saturated heterocycles. The molecule has 0 aliphatic carbocycles. The lowest BCUT2D eigenvalue weighted by molar-refractivity contribution is -0.181. The van der Waals surface area contributed by atoms with E-state index < -0.39 is 5.79 Å². The Morgan fingerprint density at radius 2 is 1.96 bits per heavy atom. The van der Waals surface area contributed by atoms with Gasteiger partial charge in [-0.1, -0.05) is 13.8 Å². The maximum absolute atomic E-state index is 12.8. The van der Waals surface area contributed by atoms with Crippen molar-refractivity contribution < 1.29 is 14.3 Å². The molecule has 1 spiro atoms. The lowest BCUT2D eigenvalue weighted by atomic mass is 10.0. The predicted octanol–water partition coefficient (Wildman–Crippen LogP) is 2.07. The van der Waals surface area contributed by atoms with E-state index >= 15 is 0 Å². The molecule has 0 radical (unpaired) electrons. The van der Waals surface area contributed by atoms with Crippen LogP contribution in [0.4, 0.5) is 0 Å². The Morgan fingerprint density at radius 1 is 1.24 bits per heavy atom. The second kappa shape index (κ2) is 6.38. The van der Waals surface area contributed by atoms with Gasteiger partial charge in [-0.2, -0.15) is 0 Å². The summed E-state index contributed by atoms with van der Waals surface area (Å²) in [5.41, 5.74) is 2.18. The van der Waals surface area contributed by atoms with Gasteiger partial charge in [0.1, 0.15) is 5.52 Å². The minimum Gasteiger partial charge on any atom is -0.347 e. The molecule has 0 atom stereocenters. The number of pyridine rings is 1. The van der Waals surface area contributed by atoms with Gasteiger partial charge in [0.15, 0.2) is 11.4 Å². The summed E-state index contributed by atoms with van der Waals surface area (Å²) >= 11 is 0. The number of hydrogen-bond donors (Lipinski definition) is 0. The van der Waals surface area contributed by atoms with Crippen molar-refractivity contribution >= 4 is 17.1 Å². The van der Waals surface area contributed by atoms with E-state index in [1.165, 1.54) is 0 Å². The van der Waals surface area contributed by atoms with Crippen molar-refractivity contribution in [2.75, 3.05) is 26.3 Å². The number of hydrogen-bond acceptors (Lipinski definition) is 5. The van der Waals surface area contributed by atoms with Crippen LogP contribution in [0.2, 0.25) is 0 Å². The van der Waals surface area contributed by atoms with Crippen LogP contribution in [0.25, 0.3) is 11.2 Å². The molecule has 134 valence electrons. The van der Waals surface area contributed by atoms with Gasteiger partial charge in [-0.25, -0.2) is 9.97 Å². The molecular weight excluding hydrogens is 320 g/mol. The van der Waals surface area contributed by atoms with Gasteiger partial charge in [0.2, 0.25) is 0 Å². The normalized spacial score (nSPS) is 20.0. The van der Waals surface area contributed by atoms with Crippen LogP contribution < -0.4 is 0 Å². The zero-order chi connectivity index (χ0) is 17.4. The number of rotatable bonds is 3. The zero-order valence-electron chi connectivity index (χ0n) is 14.8. The Bertz CT molecular complexity index is 770. The number of likely N-dealkylation sites (tertiary alicyclic amines) is 1. The van der Waals surface area contributed by atoms with Crippen LogP contribution in [0.3, 0.4) is 0 Å². The molecule has 0 N–H and O–H groups in total. The van der Waals surface area contributed by atoms with Crippen LogP contribution in [0.1, 0.15) is 37.0 Å². The smallest absolute Gasteiger partial charge is 0.255 e. The second-order valence-electron chi connectivity index (χ2n) is 7.26. The predicted molar refractivity (Wildman–Crippen MR) is 92.1 cm³/mol. The van der Waals surface area contributed by atoms with Crippen LogP contribution in [-0.2, 0) is 16.0 Å². The first-order valence-electron chi connectivity index (χ1n) is 8.94. The third kappa shape index (κ3) is 3.14. The van der Waals surface area contributed by atoms with Crippen molar-refractivity contribution in [2.24, 2.45) is 5.92 Å². The summed E-state index contributed by atoms with van der Waals surface area (Å²) in [6.07, 6.45) is 4.90. The molecule has 2 fully saturated rings. The summed E-state index contributed by atoms with van der Waals surface area (Å²) in [5, 5.41) is 0. The van der Waals surface area contributed by atoms with Crippen LogP contribution in [0.5, 0.6) is 0 Å². The van der Waals surface area contributed by atoms with Crippen molar-refractivity contribution in [3.8, 4) is 0 Å². The lowest BCUT2D eigenvalue weighted by Gasteiger charge is -2.37. The van der Waals surface area contributed by atoms with Gasteiger partial charge in [0.25, 0.3) is 5.91 Å². The molecule has 0 unspecified atom stereocenters. The first-order valence-corrected chi connectivity index (χ1v) is 8.94. The molecule has 7 nitrogen and oxygen atoms in total. The number of fused-ring (bicyclic) bond motifs is 1. The number of ether oxygens (including phenoxy) is 2. The molecule has 25 heavy (non-hydrogen) atoms.